The van der Waals surface area contributed by atoms with Crippen molar-refractivity contribution in [2.24, 2.45) is 5.10 Å². The Labute approximate surface area is 158 Å². The molecule has 0 fully saturated rings. The van der Waals surface area contributed by atoms with E-state index in [9.17, 15) is 14.9 Å². The van der Waals surface area contributed by atoms with E-state index in [0.29, 0.717) is 22.1 Å². The van der Waals surface area contributed by atoms with Gasteiger partial charge < -0.3 is 14.2 Å². The first kappa shape index (κ1) is 18.5. The highest BCUT2D eigenvalue weighted by Gasteiger charge is 2.20. The Balaban J connectivity index is 1.62. The molecule has 1 heterocycles. The molecule has 1 aliphatic heterocycles. The van der Waals surface area contributed by atoms with Crippen molar-refractivity contribution in [3.63, 3.8) is 0 Å². The summed E-state index contributed by atoms with van der Waals surface area (Å²) in [5, 5.41) is 15.2. The van der Waals surface area contributed by atoms with Crippen LogP contribution in [-0.4, -0.2) is 29.9 Å². The van der Waals surface area contributed by atoms with Crippen LogP contribution in [0.15, 0.2) is 41.5 Å². The van der Waals surface area contributed by atoms with Crippen LogP contribution in [0.4, 0.5) is 5.69 Å². The van der Waals surface area contributed by atoms with Crippen LogP contribution in [0.2, 0.25) is 5.02 Å². The maximum atomic E-state index is 12.1. The average Bonchev–Trinajstić information content (AvgIpc) is 3.09. The number of hydrogen-bond donors (Lipinski definition) is 1. The first-order valence-electron chi connectivity index (χ1n) is 7.78. The number of halogens is 1. The summed E-state index contributed by atoms with van der Waals surface area (Å²) in [5.41, 5.74) is 2.59. The van der Waals surface area contributed by atoms with Gasteiger partial charge >= 0.3 is 5.69 Å². The van der Waals surface area contributed by atoms with E-state index >= 15 is 0 Å². The van der Waals surface area contributed by atoms with Crippen LogP contribution in [0.25, 0.3) is 0 Å². The lowest BCUT2D eigenvalue weighted by Gasteiger charge is -2.12. The van der Waals surface area contributed by atoms with E-state index in [-0.39, 0.29) is 18.2 Å². The van der Waals surface area contributed by atoms with Crippen molar-refractivity contribution in [1.82, 2.24) is 5.43 Å². The Morgan fingerprint density at radius 1 is 1.37 bits per heavy atom. The highest BCUT2D eigenvalue weighted by molar-refractivity contribution is 6.33. The zero-order chi connectivity index (χ0) is 19.4. The quantitative estimate of drug-likeness (QED) is 0.460. The summed E-state index contributed by atoms with van der Waals surface area (Å²) in [6.07, 6.45) is 0.343. The van der Waals surface area contributed by atoms with Gasteiger partial charge in [0.1, 0.15) is 0 Å². The van der Waals surface area contributed by atoms with Crippen molar-refractivity contribution in [2.75, 3.05) is 6.79 Å². The number of nitro benzene ring substituents is 1. The molecule has 1 amide bonds. The second-order valence-electron chi connectivity index (χ2n) is 5.45. The van der Waals surface area contributed by atoms with E-state index in [4.69, 9.17) is 25.8 Å². The number of hydrazone groups is 1. The zero-order valence-electron chi connectivity index (χ0n) is 14.0. The molecule has 140 valence electrons. The van der Waals surface area contributed by atoms with E-state index < -0.39 is 16.9 Å². The number of carbonyl (C=O) groups excluding carboxylic acids is 1. The second kappa shape index (κ2) is 7.92. The molecule has 0 spiro atoms. The number of hydrogen-bond acceptors (Lipinski definition) is 7. The van der Waals surface area contributed by atoms with E-state index in [2.05, 4.69) is 10.5 Å². The van der Waals surface area contributed by atoms with Crippen molar-refractivity contribution in [3.05, 3.63) is 57.1 Å². The van der Waals surface area contributed by atoms with Gasteiger partial charge in [-0.3, -0.25) is 14.9 Å². The summed E-state index contributed by atoms with van der Waals surface area (Å²) in [5.74, 6) is 0.474. The monoisotopic (exact) mass is 391 g/mol. The second-order valence-corrected chi connectivity index (χ2v) is 5.85. The van der Waals surface area contributed by atoms with E-state index in [1.807, 2.05) is 0 Å². The SMILES string of the molecule is C[C@@H](Oc1ccccc1[N+](=O)[O-])C(=O)NN=Cc1cc2c(cc1Cl)OCO2. The Morgan fingerprint density at radius 3 is 2.81 bits per heavy atom. The van der Waals surface area contributed by atoms with Gasteiger partial charge in [0.2, 0.25) is 6.79 Å². The highest BCUT2D eigenvalue weighted by atomic mass is 35.5. The number of nitro groups is 1. The van der Waals surface area contributed by atoms with Crippen molar-refractivity contribution in [3.8, 4) is 17.2 Å². The van der Waals surface area contributed by atoms with Crippen molar-refractivity contribution in [1.29, 1.82) is 0 Å². The normalized spacial score (nSPS) is 13.4. The van der Waals surface area contributed by atoms with Crippen LogP contribution in [0.1, 0.15) is 12.5 Å². The Bertz CT molecular complexity index is 918. The molecule has 3 rings (SSSR count). The van der Waals surface area contributed by atoms with E-state index in [1.54, 1.807) is 18.2 Å². The summed E-state index contributed by atoms with van der Waals surface area (Å²) in [6.45, 7) is 1.57. The molecule has 0 saturated heterocycles. The first-order valence-corrected chi connectivity index (χ1v) is 8.15. The lowest BCUT2D eigenvalue weighted by molar-refractivity contribution is -0.386. The van der Waals surface area contributed by atoms with Gasteiger partial charge in [0, 0.05) is 17.7 Å². The largest absolute Gasteiger partial charge is 0.474 e. The molecule has 0 radical (unpaired) electrons. The lowest BCUT2D eigenvalue weighted by atomic mass is 10.2. The number of rotatable bonds is 6. The van der Waals surface area contributed by atoms with Gasteiger partial charge in [-0.15, -0.1) is 0 Å². The number of benzene rings is 2. The van der Waals surface area contributed by atoms with E-state index in [1.165, 1.54) is 31.3 Å². The minimum Gasteiger partial charge on any atom is -0.474 e. The maximum absolute atomic E-state index is 12.1. The standard InChI is InChI=1S/C17H14ClN3O6/c1-10(27-14-5-3-2-4-13(14)21(23)24)17(22)20-19-8-11-6-15-16(7-12(11)18)26-9-25-15/h2-8,10H,9H2,1H3,(H,20,22)/t10-/m1/s1. The van der Waals surface area contributed by atoms with Gasteiger partial charge in [0.25, 0.3) is 5.91 Å². The summed E-state index contributed by atoms with van der Waals surface area (Å²) < 4.78 is 15.8. The zero-order valence-corrected chi connectivity index (χ0v) is 14.8. The molecule has 1 aliphatic rings. The molecule has 0 saturated carbocycles. The number of nitrogens with one attached hydrogen (secondary N) is 1. The fraction of sp³-hybridized carbons (Fsp3) is 0.176. The third-order valence-electron chi connectivity index (χ3n) is 3.61. The smallest absolute Gasteiger partial charge is 0.310 e. The molecule has 2 aromatic carbocycles. The molecule has 0 aliphatic carbocycles. The summed E-state index contributed by atoms with van der Waals surface area (Å²) >= 11 is 6.11. The molecule has 9 nitrogen and oxygen atoms in total. The van der Waals surface area contributed by atoms with Crippen LogP contribution in [0.5, 0.6) is 17.2 Å². The fourth-order valence-electron chi connectivity index (χ4n) is 2.24. The lowest BCUT2D eigenvalue weighted by Crippen LogP contribution is -2.33. The molecule has 0 unspecified atom stereocenters. The predicted octanol–water partition coefficient (Wildman–Crippen LogP) is 2.89. The van der Waals surface area contributed by atoms with Gasteiger partial charge in [-0.1, -0.05) is 23.7 Å². The first-order chi connectivity index (χ1) is 13.0. The van der Waals surface area contributed by atoms with E-state index in [0.717, 1.165) is 0 Å². The number of ether oxygens (including phenoxy) is 3. The molecule has 0 bridgehead atoms. The van der Waals surface area contributed by atoms with Crippen molar-refractivity contribution >= 4 is 29.4 Å². The van der Waals surface area contributed by atoms with Gasteiger partial charge in [-0.25, -0.2) is 5.43 Å². The van der Waals surface area contributed by atoms with Crippen LogP contribution in [0.3, 0.4) is 0 Å². The molecular formula is C17H14ClN3O6. The number of fused-ring (bicyclic) bond motifs is 1. The summed E-state index contributed by atoms with van der Waals surface area (Å²) in [6, 6.07) is 9.01. The van der Waals surface area contributed by atoms with Crippen LogP contribution < -0.4 is 19.6 Å². The molecule has 2 aromatic rings. The average molecular weight is 392 g/mol. The predicted molar refractivity (Wildman–Crippen MR) is 96.5 cm³/mol. The van der Waals surface area contributed by atoms with Crippen LogP contribution >= 0.6 is 11.6 Å². The Morgan fingerprint density at radius 2 is 2.07 bits per heavy atom. The minimum atomic E-state index is -1.00. The van der Waals surface area contributed by atoms with Crippen molar-refractivity contribution < 1.29 is 23.9 Å². The van der Waals surface area contributed by atoms with Crippen LogP contribution in [0, 0.1) is 10.1 Å². The van der Waals surface area contributed by atoms with Crippen molar-refractivity contribution in [2.45, 2.75) is 13.0 Å². The molecule has 27 heavy (non-hydrogen) atoms. The molecular weight excluding hydrogens is 378 g/mol. The minimum absolute atomic E-state index is 0.00653. The third kappa shape index (κ3) is 4.26. The highest BCUT2D eigenvalue weighted by Crippen LogP contribution is 2.36. The van der Waals surface area contributed by atoms with Gasteiger partial charge in [-0.05, 0) is 19.1 Å². The number of carbonyl (C=O) groups is 1. The molecule has 1 atom stereocenters. The molecule has 0 aromatic heterocycles. The fourth-order valence-corrected chi connectivity index (χ4v) is 2.44. The third-order valence-corrected chi connectivity index (χ3v) is 3.93. The number of nitrogens with zero attached hydrogens (tertiary/aromatic N) is 2. The topological polar surface area (TPSA) is 112 Å². The number of amides is 1. The molecule has 1 N–H and O–H groups in total. The Hall–Kier alpha value is -3.33. The molecule has 10 heteroatoms. The summed E-state index contributed by atoms with van der Waals surface area (Å²) in [7, 11) is 0. The van der Waals surface area contributed by atoms with Gasteiger partial charge in [0.15, 0.2) is 23.4 Å². The van der Waals surface area contributed by atoms with Crippen LogP contribution in [-0.2, 0) is 4.79 Å². The Kier molecular flexibility index (Phi) is 5.41. The van der Waals surface area contributed by atoms with Gasteiger partial charge in [-0.2, -0.15) is 5.10 Å². The van der Waals surface area contributed by atoms with Gasteiger partial charge in [0.05, 0.1) is 16.2 Å². The maximum Gasteiger partial charge on any atom is 0.310 e. The summed E-state index contributed by atoms with van der Waals surface area (Å²) in [4.78, 5) is 22.5. The number of para-hydroxylation sites is 2.